The SMILES string of the molecule is I.NC(=NCc1ccc(Cn2cnc3ccccc32)cc1)NCC1CCC1. The number of imidazole rings is 1. The van der Waals surface area contributed by atoms with Crippen molar-refractivity contribution in [3.8, 4) is 0 Å². The monoisotopic (exact) mass is 475 g/mol. The quantitative estimate of drug-likeness (QED) is 0.323. The topological polar surface area (TPSA) is 68.2 Å². The van der Waals surface area contributed by atoms with E-state index in [2.05, 4.69) is 50.2 Å². The van der Waals surface area contributed by atoms with Crippen LogP contribution in [-0.2, 0) is 13.1 Å². The summed E-state index contributed by atoms with van der Waals surface area (Å²) < 4.78 is 2.17. The van der Waals surface area contributed by atoms with Crippen molar-refractivity contribution in [3.63, 3.8) is 0 Å². The molecule has 3 N–H and O–H groups in total. The highest BCUT2D eigenvalue weighted by molar-refractivity contribution is 14.0. The lowest BCUT2D eigenvalue weighted by molar-refractivity contribution is 0.315. The summed E-state index contributed by atoms with van der Waals surface area (Å²) in [6.45, 7) is 2.38. The molecule has 1 aliphatic rings. The van der Waals surface area contributed by atoms with Gasteiger partial charge in [-0.15, -0.1) is 24.0 Å². The third-order valence-corrected chi connectivity index (χ3v) is 5.13. The number of rotatable bonds is 6. The number of fused-ring (bicyclic) bond motifs is 1. The Morgan fingerprint density at radius 1 is 1.11 bits per heavy atom. The molecule has 2 aromatic carbocycles. The zero-order valence-electron chi connectivity index (χ0n) is 15.3. The molecule has 1 heterocycles. The molecule has 0 amide bonds. The van der Waals surface area contributed by atoms with Crippen molar-refractivity contribution in [2.45, 2.75) is 32.4 Å². The minimum atomic E-state index is 0. The van der Waals surface area contributed by atoms with Crippen LogP contribution in [0.5, 0.6) is 0 Å². The van der Waals surface area contributed by atoms with Crippen LogP contribution in [0.2, 0.25) is 0 Å². The van der Waals surface area contributed by atoms with Gasteiger partial charge in [0.15, 0.2) is 5.96 Å². The number of guanidine groups is 1. The predicted molar refractivity (Wildman–Crippen MR) is 121 cm³/mol. The molecule has 1 aromatic heterocycles. The average molecular weight is 475 g/mol. The summed E-state index contributed by atoms with van der Waals surface area (Å²) >= 11 is 0. The molecule has 0 aliphatic heterocycles. The number of aromatic nitrogens is 2. The first-order valence-electron chi connectivity index (χ1n) is 9.29. The maximum absolute atomic E-state index is 5.95. The van der Waals surface area contributed by atoms with Crippen molar-refractivity contribution in [2.75, 3.05) is 6.54 Å². The molecule has 4 rings (SSSR count). The van der Waals surface area contributed by atoms with Crippen LogP contribution in [-0.4, -0.2) is 22.1 Å². The molecule has 0 atom stereocenters. The lowest BCUT2D eigenvalue weighted by atomic mass is 9.85. The Balaban J connectivity index is 0.00000210. The highest BCUT2D eigenvalue weighted by Gasteiger charge is 2.16. The molecule has 0 radical (unpaired) electrons. The van der Waals surface area contributed by atoms with Gasteiger partial charge in [0.05, 0.1) is 23.9 Å². The number of halogens is 1. The van der Waals surface area contributed by atoms with Gasteiger partial charge in [0, 0.05) is 13.1 Å². The van der Waals surface area contributed by atoms with E-state index >= 15 is 0 Å². The maximum Gasteiger partial charge on any atom is 0.188 e. The minimum Gasteiger partial charge on any atom is -0.370 e. The average Bonchev–Trinajstić information content (AvgIpc) is 3.03. The minimum absolute atomic E-state index is 0. The maximum atomic E-state index is 5.95. The van der Waals surface area contributed by atoms with Gasteiger partial charge in [-0.1, -0.05) is 42.8 Å². The molecule has 0 spiro atoms. The van der Waals surface area contributed by atoms with Crippen LogP contribution in [0.1, 0.15) is 30.4 Å². The van der Waals surface area contributed by atoms with Gasteiger partial charge in [0.25, 0.3) is 0 Å². The summed E-state index contributed by atoms with van der Waals surface area (Å²) in [5.74, 6) is 1.33. The van der Waals surface area contributed by atoms with Crippen molar-refractivity contribution in [1.29, 1.82) is 0 Å². The third-order valence-electron chi connectivity index (χ3n) is 5.13. The van der Waals surface area contributed by atoms with Crippen LogP contribution in [0, 0.1) is 5.92 Å². The zero-order valence-corrected chi connectivity index (χ0v) is 17.7. The molecular weight excluding hydrogens is 449 g/mol. The number of nitrogens with zero attached hydrogens (tertiary/aromatic N) is 3. The van der Waals surface area contributed by atoms with Crippen molar-refractivity contribution >= 4 is 41.0 Å². The Bertz CT molecular complexity index is 896. The van der Waals surface area contributed by atoms with Crippen LogP contribution in [0.15, 0.2) is 59.9 Å². The van der Waals surface area contributed by atoms with E-state index in [1.807, 2.05) is 24.5 Å². The first-order valence-corrected chi connectivity index (χ1v) is 9.29. The number of aliphatic imine (C=N–C) groups is 1. The zero-order chi connectivity index (χ0) is 17.8. The Hall–Kier alpha value is -2.09. The van der Waals surface area contributed by atoms with E-state index in [-0.39, 0.29) is 24.0 Å². The second-order valence-electron chi connectivity index (χ2n) is 7.06. The Labute approximate surface area is 177 Å². The summed E-state index contributed by atoms with van der Waals surface area (Å²) in [4.78, 5) is 8.88. The van der Waals surface area contributed by atoms with E-state index < -0.39 is 0 Å². The van der Waals surface area contributed by atoms with Gasteiger partial charge in [0.2, 0.25) is 0 Å². The first-order chi connectivity index (χ1) is 12.8. The second kappa shape index (κ2) is 9.21. The van der Waals surface area contributed by atoms with Crippen molar-refractivity contribution < 1.29 is 0 Å². The van der Waals surface area contributed by atoms with E-state index in [4.69, 9.17) is 5.73 Å². The summed E-state index contributed by atoms with van der Waals surface area (Å²) in [6.07, 6.45) is 5.88. The van der Waals surface area contributed by atoms with Crippen LogP contribution >= 0.6 is 24.0 Å². The fourth-order valence-corrected chi connectivity index (χ4v) is 3.26. The lowest BCUT2D eigenvalue weighted by Crippen LogP contribution is -2.37. The van der Waals surface area contributed by atoms with E-state index in [9.17, 15) is 0 Å². The smallest absolute Gasteiger partial charge is 0.188 e. The Morgan fingerprint density at radius 2 is 1.85 bits per heavy atom. The van der Waals surface area contributed by atoms with Crippen LogP contribution in [0.4, 0.5) is 0 Å². The molecule has 0 bridgehead atoms. The molecule has 0 unspecified atom stereocenters. The molecule has 142 valence electrons. The number of hydrogen-bond donors (Lipinski definition) is 2. The predicted octanol–water partition coefficient (Wildman–Crippen LogP) is 3.91. The molecule has 0 saturated heterocycles. The highest BCUT2D eigenvalue weighted by atomic mass is 127. The molecule has 5 nitrogen and oxygen atoms in total. The van der Waals surface area contributed by atoms with Crippen LogP contribution < -0.4 is 11.1 Å². The fraction of sp³-hybridized carbons (Fsp3) is 0.333. The van der Waals surface area contributed by atoms with E-state index in [1.165, 1.54) is 24.8 Å². The van der Waals surface area contributed by atoms with Crippen molar-refractivity contribution in [2.24, 2.45) is 16.6 Å². The van der Waals surface area contributed by atoms with E-state index in [1.54, 1.807) is 0 Å². The molecular formula is C21H26IN5. The van der Waals surface area contributed by atoms with Gasteiger partial charge in [-0.2, -0.15) is 0 Å². The number of nitrogens with two attached hydrogens (primary N) is 1. The normalized spacial score (nSPS) is 14.6. The Kier molecular flexibility index (Phi) is 6.71. The number of benzene rings is 2. The van der Waals surface area contributed by atoms with Gasteiger partial charge < -0.3 is 15.6 Å². The standard InChI is InChI=1S/C21H25N5.HI/c22-21(23-12-16-4-3-5-16)24-13-17-8-10-18(11-9-17)14-26-15-25-19-6-1-2-7-20(19)26;/h1-2,6-11,15-16H,3-5,12-14H2,(H3,22,23,24);1H. The first kappa shape index (κ1) is 19.7. The molecule has 1 aliphatic carbocycles. The number of nitrogens with one attached hydrogen (secondary N) is 1. The summed E-state index contributed by atoms with van der Waals surface area (Å²) in [6, 6.07) is 16.7. The molecule has 1 saturated carbocycles. The highest BCUT2D eigenvalue weighted by Crippen LogP contribution is 2.25. The summed E-state index contributed by atoms with van der Waals surface area (Å²) in [7, 11) is 0. The summed E-state index contributed by atoms with van der Waals surface area (Å²) in [5.41, 5.74) is 10.6. The largest absolute Gasteiger partial charge is 0.370 e. The van der Waals surface area contributed by atoms with Gasteiger partial charge in [-0.3, -0.25) is 0 Å². The molecule has 3 aromatic rings. The number of hydrogen-bond acceptors (Lipinski definition) is 2. The van der Waals surface area contributed by atoms with Gasteiger partial charge in [0.1, 0.15) is 0 Å². The van der Waals surface area contributed by atoms with Gasteiger partial charge in [-0.25, -0.2) is 9.98 Å². The second-order valence-corrected chi connectivity index (χ2v) is 7.06. The van der Waals surface area contributed by atoms with E-state index in [0.29, 0.717) is 12.5 Å². The molecule has 27 heavy (non-hydrogen) atoms. The molecule has 1 fully saturated rings. The lowest BCUT2D eigenvalue weighted by Gasteiger charge is -2.25. The molecule has 6 heteroatoms. The third kappa shape index (κ3) is 5.00. The number of para-hydroxylation sites is 2. The van der Waals surface area contributed by atoms with E-state index in [0.717, 1.165) is 35.6 Å². The summed E-state index contributed by atoms with van der Waals surface area (Å²) in [5, 5.41) is 3.23. The fourth-order valence-electron chi connectivity index (χ4n) is 3.26. The van der Waals surface area contributed by atoms with Crippen LogP contribution in [0.3, 0.4) is 0 Å². The van der Waals surface area contributed by atoms with Crippen molar-refractivity contribution in [1.82, 2.24) is 14.9 Å². The van der Waals surface area contributed by atoms with Crippen LogP contribution in [0.25, 0.3) is 11.0 Å². The van der Waals surface area contributed by atoms with Crippen molar-refractivity contribution in [3.05, 3.63) is 66.0 Å². The Morgan fingerprint density at radius 3 is 2.59 bits per heavy atom. The van der Waals surface area contributed by atoms with Gasteiger partial charge in [-0.05, 0) is 42.0 Å². The van der Waals surface area contributed by atoms with Gasteiger partial charge >= 0.3 is 0 Å².